The summed E-state index contributed by atoms with van der Waals surface area (Å²) in [5.41, 5.74) is 0.715. The van der Waals surface area contributed by atoms with Crippen molar-refractivity contribution in [1.82, 2.24) is 4.90 Å². The minimum Gasteiger partial charge on any atom is -0.504 e. The lowest BCUT2D eigenvalue weighted by atomic mass is 10.1. The molecule has 0 aliphatic carbocycles. The Kier molecular flexibility index (Phi) is 6.01. The molecule has 7 heteroatoms. The molecule has 0 radical (unpaired) electrons. The highest BCUT2D eigenvalue weighted by Gasteiger charge is 2.38. The maximum Gasteiger partial charge on any atom is 0.266 e. The van der Waals surface area contributed by atoms with Crippen molar-refractivity contribution in [3.8, 4) is 11.5 Å². The number of rotatable bonds is 6. The fourth-order valence-corrected chi connectivity index (χ4v) is 3.80. The molecule has 0 bridgehead atoms. The van der Waals surface area contributed by atoms with Crippen molar-refractivity contribution in [2.45, 2.75) is 33.2 Å². The van der Waals surface area contributed by atoms with Crippen LogP contribution in [-0.2, 0) is 9.59 Å². The number of thioether (sulfide) groups is 1. The highest BCUT2D eigenvalue weighted by Crippen LogP contribution is 2.36. The molecular formula is C17H19NO4S2. The minimum atomic E-state index is -0.526. The molecule has 128 valence electrons. The lowest BCUT2D eigenvalue weighted by Gasteiger charge is -2.23. The van der Waals surface area contributed by atoms with E-state index in [4.69, 9.17) is 17.0 Å². The number of carbonyl (C=O) groups excluding carboxylic acids is 2. The number of phenolic OH excluding ortho intramolecular Hbond substituents is 1. The summed E-state index contributed by atoms with van der Waals surface area (Å²) in [6.07, 6.45) is 2.21. The average Bonchev–Trinajstić information content (AvgIpc) is 2.79. The zero-order chi connectivity index (χ0) is 17.9. The van der Waals surface area contributed by atoms with Crippen LogP contribution in [-0.4, -0.2) is 38.7 Å². The van der Waals surface area contributed by atoms with E-state index in [1.165, 1.54) is 29.7 Å². The Morgan fingerprint density at radius 3 is 2.75 bits per heavy atom. The molecule has 1 heterocycles. The number of carbonyl (C=O) groups is 2. The SMILES string of the molecule is CCOc1cc(C=C2SC(=S)N(C(CC)C(C)=O)C2=O)ccc1O. The van der Waals surface area contributed by atoms with E-state index in [2.05, 4.69) is 0 Å². The second kappa shape index (κ2) is 7.81. The molecule has 0 aromatic heterocycles. The van der Waals surface area contributed by atoms with Crippen molar-refractivity contribution in [1.29, 1.82) is 0 Å². The summed E-state index contributed by atoms with van der Waals surface area (Å²) in [6, 6.07) is 4.34. The fraction of sp³-hybridized carbons (Fsp3) is 0.353. The Labute approximate surface area is 150 Å². The summed E-state index contributed by atoms with van der Waals surface area (Å²) in [5.74, 6) is 0.0532. The van der Waals surface area contributed by atoms with Gasteiger partial charge >= 0.3 is 0 Å². The predicted molar refractivity (Wildman–Crippen MR) is 99.0 cm³/mol. The van der Waals surface area contributed by atoms with E-state index < -0.39 is 6.04 Å². The normalized spacial score (nSPS) is 17.5. The number of aromatic hydroxyl groups is 1. The molecule has 1 aromatic carbocycles. The number of hydrogen-bond donors (Lipinski definition) is 1. The summed E-state index contributed by atoms with van der Waals surface area (Å²) in [6.45, 7) is 5.56. The number of Topliss-reactive ketones (excluding diaryl/α,β-unsaturated/α-hetero) is 1. The second-order valence-electron chi connectivity index (χ2n) is 5.25. The van der Waals surface area contributed by atoms with E-state index in [9.17, 15) is 14.7 Å². The molecule has 1 unspecified atom stereocenters. The molecule has 1 atom stereocenters. The van der Waals surface area contributed by atoms with Gasteiger partial charge < -0.3 is 9.84 Å². The van der Waals surface area contributed by atoms with Gasteiger partial charge in [-0.25, -0.2) is 0 Å². The molecule has 1 saturated heterocycles. The van der Waals surface area contributed by atoms with Gasteiger partial charge in [-0.3, -0.25) is 14.5 Å². The van der Waals surface area contributed by atoms with Crippen LogP contribution in [0.15, 0.2) is 23.1 Å². The molecular weight excluding hydrogens is 346 g/mol. The van der Waals surface area contributed by atoms with Crippen LogP contribution in [0.25, 0.3) is 6.08 Å². The number of benzene rings is 1. The van der Waals surface area contributed by atoms with Gasteiger partial charge in [0.15, 0.2) is 17.3 Å². The van der Waals surface area contributed by atoms with Crippen LogP contribution in [0, 0.1) is 0 Å². The van der Waals surface area contributed by atoms with Crippen LogP contribution in [0.3, 0.4) is 0 Å². The van der Waals surface area contributed by atoms with Gasteiger partial charge in [0, 0.05) is 0 Å². The van der Waals surface area contributed by atoms with Crippen molar-refractivity contribution in [3.05, 3.63) is 28.7 Å². The standard InChI is InChI=1S/C17H19NO4S2/c1-4-12(10(3)19)18-16(21)15(24-17(18)23)9-11-6-7-13(20)14(8-11)22-5-2/h6-9,12,20H,4-5H2,1-3H3. The maximum atomic E-state index is 12.6. The monoisotopic (exact) mass is 365 g/mol. The molecule has 1 N–H and O–H groups in total. The summed E-state index contributed by atoms with van der Waals surface area (Å²) in [7, 11) is 0. The average molecular weight is 365 g/mol. The first-order chi connectivity index (χ1) is 11.4. The first-order valence-electron chi connectivity index (χ1n) is 7.62. The topological polar surface area (TPSA) is 66.8 Å². The molecule has 1 aliphatic heterocycles. The summed E-state index contributed by atoms with van der Waals surface area (Å²) >= 11 is 6.45. The number of nitrogens with zero attached hydrogens (tertiary/aromatic N) is 1. The molecule has 0 spiro atoms. The smallest absolute Gasteiger partial charge is 0.266 e. The van der Waals surface area contributed by atoms with Crippen LogP contribution in [0.5, 0.6) is 11.5 Å². The molecule has 0 saturated carbocycles. The van der Waals surface area contributed by atoms with Crippen molar-refractivity contribution in [2.24, 2.45) is 0 Å². The number of phenols is 1. The quantitative estimate of drug-likeness (QED) is 0.616. The van der Waals surface area contributed by atoms with Gasteiger partial charge in [-0.05, 0) is 44.0 Å². The van der Waals surface area contributed by atoms with Crippen molar-refractivity contribution < 1.29 is 19.4 Å². The van der Waals surface area contributed by atoms with E-state index in [1.807, 2.05) is 13.8 Å². The van der Waals surface area contributed by atoms with Gasteiger partial charge in [0.2, 0.25) is 0 Å². The van der Waals surface area contributed by atoms with Crippen LogP contribution < -0.4 is 4.74 Å². The molecule has 1 fully saturated rings. The van der Waals surface area contributed by atoms with Crippen LogP contribution in [0.2, 0.25) is 0 Å². The van der Waals surface area contributed by atoms with Crippen molar-refractivity contribution in [3.63, 3.8) is 0 Å². The number of thiocarbonyl (C=S) groups is 1. The molecule has 1 amide bonds. The summed E-state index contributed by atoms with van der Waals surface area (Å²) < 4.78 is 5.73. The Morgan fingerprint density at radius 1 is 1.46 bits per heavy atom. The zero-order valence-corrected chi connectivity index (χ0v) is 15.4. The highest BCUT2D eigenvalue weighted by molar-refractivity contribution is 8.26. The summed E-state index contributed by atoms with van der Waals surface area (Å²) in [4.78, 5) is 26.2. The van der Waals surface area contributed by atoms with E-state index in [-0.39, 0.29) is 17.4 Å². The first kappa shape index (κ1) is 18.5. The molecule has 24 heavy (non-hydrogen) atoms. The van der Waals surface area contributed by atoms with Gasteiger partial charge in [0.25, 0.3) is 5.91 Å². The predicted octanol–water partition coefficient (Wildman–Crippen LogP) is 3.36. The third-order valence-electron chi connectivity index (χ3n) is 3.57. The Balaban J connectivity index is 2.32. The number of hydrogen-bond acceptors (Lipinski definition) is 6. The van der Waals surface area contributed by atoms with Crippen molar-refractivity contribution in [2.75, 3.05) is 6.61 Å². The van der Waals surface area contributed by atoms with E-state index in [0.29, 0.717) is 33.6 Å². The Bertz CT molecular complexity index is 715. The van der Waals surface area contributed by atoms with Crippen molar-refractivity contribution >= 4 is 46.1 Å². The lowest BCUT2D eigenvalue weighted by Crippen LogP contribution is -2.42. The third kappa shape index (κ3) is 3.79. The highest BCUT2D eigenvalue weighted by atomic mass is 32.2. The minimum absolute atomic E-state index is 0.0455. The van der Waals surface area contributed by atoms with Gasteiger partial charge in [0.1, 0.15) is 4.32 Å². The number of ether oxygens (including phenoxy) is 1. The first-order valence-corrected chi connectivity index (χ1v) is 8.84. The number of ketones is 1. The maximum absolute atomic E-state index is 12.6. The molecule has 1 aliphatic rings. The van der Waals surface area contributed by atoms with Gasteiger partial charge in [-0.1, -0.05) is 37.0 Å². The third-order valence-corrected chi connectivity index (χ3v) is 4.90. The van der Waals surface area contributed by atoms with Crippen LogP contribution in [0.4, 0.5) is 0 Å². The summed E-state index contributed by atoms with van der Waals surface area (Å²) in [5, 5.41) is 9.74. The molecule has 2 rings (SSSR count). The lowest BCUT2D eigenvalue weighted by molar-refractivity contribution is -0.130. The number of amides is 1. The molecule has 1 aromatic rings. The Morgan fingerprint density at radius 2 is 2.17 bits per heavy atom. The van der Waals surface area contributed by atoms with Gasteiger partial charge in [-0.15, -0.1) is 0 Å². The largest absolute Gasteiger partial charge is 0.504 e. The molecule has 5 nitrogen and oxygen atoms in total. The van der Waals surface area contributed by atoms with E-state index >= 15 is 0 Å². The Hall–Kier alpha value is -1.86. The fourth-order valence-electron chi connectivity index (χ4n) is 2.44. The van der Waals surface area contributed by atoms with E-state index in [1.54, 1.807) is 18.2 Å². The van der Waals surface area contributed by atoms with Crippen LogP contribution in [0.1, 0.15) is 32.8 Å². The van der Waals surface area contributed by atoms with Crippen LogP contribution >= 0.6 is 24.0 Å². The van der Waals surface area contributed by atoms with Gasteiger partial charge in [-0.2, -0.15) is 0 Å². The zero-order valence-electron chi connectivity index (χ0n) is 13.7. The van der Waals surface area contributed by atoms with E-state index in [0.717, 1.165) is 0 Å². The van der Waals surface area contributed by atoms with Gasteiger partial charge in [0.05, 0.1) is 17.6 Å². The second-order valence-corrected chi connectivity index (χ2v) is 6.92.